The van der Waals surface area contributed by atoms with E-state index in [1.807, 2.05) is 7.05 Å². The highest BCUT2D eigenvalue weighted by atomic mass is 14.9. The van der Waals surface area contributed by atoms with E-state index in [2.05, 4.69) is 58.1 Å². The normalized spacial score (nSPS) is 13.9. The first-order valence-electron chi connectivity index (χ1n) is 7.31. The Morgan fingerprint density at radius 3 is 2.37 bits per heavy atom. The summed E-state index contributed by atoms with van der Waals surface area (Å²) in [5.41, 5.74) is 10.2. The molecule has 0 saturated heterocycles. The summed E-state index contributed by atoms with van der Waals surface area (Å²) in [6.07, 6.45) is 2.09. The molecule has 0 spiro atoms. The van der Waals surface area contributed by atoms with Crippen molar-refractivity contribution >= 4 is 0 Å². The molecule has 0 radical (unpaired) electrons. The Bertz CT molecular complexity index is 402. The van der Waals surface area contributed by atoms with Crippen molar-refractivity contribution in [3.05, 3.63) is 34.9 Å². The highest BCUT2D eigenvalue weighted by Crippen LogP contribution is 2.27. The average Bonchev–Trinajstić information content (AvgIpc) is 2.30. The number of nitrogens with one attached hydrogen (secondary N) is 1. The third-order valence-corrected chi connectivity index (χ3v) is 3.77. The topological polar surface area (TPSA) is 38.0 Å². The molecule has 0 saturated carbocycles. The van der Waals surface area contributed by atoms with E-state index in [1.54, 1.807) is 0 Å². The Hall–Kier alpha value is -0.860. The Morgan fingerprint density at radius 2 is 1.89 bits per heavy atom. The second-order valence-corrected chi connectivity index (χ2v) is 6.64. The van der Waals surface area contributed by atoms with Gasteiger partial charge in [-0.2, -0.15) is 0 Å². The molecule has 0 aliphatic rings. The fourth-order valence-electron chi connectivity index (χ4n) is 2.37. The maximum atomic E-state index is 6.10. The summed E-state index contributed by atoms with van der Waals surface area (Å²) in [7, 11) is 2.04. The predicted molar refractivity (Wildman–Crippen MR) is 84.6 cm³/mol. The molecule has 2 heteroatoms. The molecule has 0 aromatic heterocycles. The lowest BCUT2D eigenvalue weighted by molar-refractivity contribution is 0.410. The highest BCUT2D eigenvalue weighted by molar-refractivity contribution is 5.35. The molecule has 1 aromatic carbocycles. The van der Waals surface area contributed by atoms with E-state index in [-0.39, 0.29) is 5.54 Å². The third-order valence-electron chi connectivity index (χ3n) is 3.77. The molecule has 0 amide bonds. The van der Waals surface area contributed by atoms with Crippen LogP contribution >= 0.6 is 0 Å². The molecule has 0 aliphatic heterocycles. The van der Waals surface area contributed by atoms with Gasteiger partial charge in [0.1, 0.15) is 0 Å². The van der Waals surface area contributed by atoms with E-state index in [1.165, 1.54) is 16.7 Å². The van der Waals surface area contributed by atoms with E-state index >= 15 is 0 Å². The molecule has 108 valence electrons. The Balaban J connectivity index is 2.94. The molecule has 1 atom stereocenters. The summed E-state index contributed by atoms with van der Waals surface area (Å²) in [5.74, 6) is 0.572. The molecule has 1 aromatic rings. The van der Waals surface area contributed by atoms with Crippen LogP contribution in [-0.2, 0) is 0 Å². The van der Waals surface area contributed by atoms with E-state index in [4.69, 9.17) is 5.73 Å². The van der Waals surface area contributed by atoms with Crippen LogP contribution in [0, 0.1) is 6.92 Å². The predicted octanol–water partition coefficient (Wildman–Crippen LogP) is 3.90. The third kappa shape index (κ3) is 4.96. The van der Waals surface area contributed by atoms with Gasteiger partial charge in [0.15, 0.2) is 0 Å². The van der Waals surface area contributed by atoms with Gasteiger partial charge in [-0.1, -0.05) is 32.0 Å². The van der Waals surface area contributed by atoms with Gasteiger partial charge in [0, 0.05) is 11.6 Å². The van der Waals surface area contributed by atoms with E-state index in [0.29, 0.717) is 12.0 Å². The zero-order valence-electron chi connectivity index (χ0n) is 13.4. The second-order valence-electron chi connectivity index (χ2n) is 6.64. The quantitative estimate of drug-likeness (QED) is 0.816. The number of nitrogens with two attached hydrogens (primary N) is 1. The zero-order chi connectivity index (χ0) is 14.6. The van der Waals surface area contributed by atoms with Gasteiger partial charge in [-0.15, -0.1) is 0 Å². The minimum Gasteiger partial charge on any atom is -0.326 e. The number of aryl methyl sites for hydroxylation is 1. The zero-order valence-corrected chi connectivity index (χ0v) is 13.4. The summed E-state index contributed by atoms with van der Waals surface area (Å²) in [5, 5.41) is 3.44. The lowest BCUT2D eigenvalue weighted by Gasteiger charge is -2.25. The Kier molecular flexibility index (Phi) is 5.57. The standard InChI is InChI=1S/C17H30N2/c1-12(2)14-8-7-13(3)15(11-14)16(19-6)9-10-17(4,5)18/h7-8,11-12,16,19H,9-10,18H2,1-6H3. The summed E-state index contributed by atoms with van der Waals surface area (Å²) in [4.78, 5) is 0. The van der Waals surface area contributed by atoms with Crippen LogP contribution in [0.4, 0.5) is 0 Å². The number of benzene rings is 1. The molecule has 3 N–H and O–H groups in total. The Morgan fingerprint density at radius 1 is 1.26 bits per heavy atom. The molecular weight excluding hydrogens is 232 g/mol. The lowest BCUT2D eigenvalue weighted by atomic mass is 9.89. The molecule has 2 nitrogen and oxygen atoms in total. The van der Waals surface area contributed by atoms with Crippen molar-refractivity contribution in [1.82, 2.24) is 5.32 Å². The van der Waals surface area contributed by atoms with Crippen LogP contribution in [0.15, 0.2) is 18.2 Å². The molecule has 19 heavy (non-hydrogen) atoms. The van der Waals surface area contributed by atoms with Gasteiger partial charge in [0.2, 0.25) is 0 Å². The van der Waals surface area contributed by atoms with Gasteiger partial charge in [-0.05, 0) is 63.3 Å². The lowest BCUT2D eigenvalue weighted by Crippen LogP contribution is -2.33. The largest absolute Gasteiger partial charge is 0.326 e. The van der Waals surface area contributed by atoms with E-state index < -0.39 is 0 Å². The number of hydrogen-bond donors (Lipinski definition) is 2. The van der Waals surface area contributed by atoms with Gasteiger partial charge >= 0.3 is 0 Å². The van der Waals surface area contributed by atoms with Crippen LogP contribution in [-0.4, -0.2) is 12.6 Å². The van der Waals surface area contributed by atoms with Gasteiger partial charge in [0.05, 0.1) is 0 Å². The molecular formula is C17H30N2. The molecule has 0 bridgehead atoms. The maximum Gasteiger partial charge on any atom is 0.0320 e. The van der Waals surface area contributed by atoms with Crippen molar-refractivity contribution < 1.29 is 0 Å². The summed E-state index contributed by atoms with van der Waals surface area (Å²) >= 11 is 0. The van der Waals surface area contributed by atoms with Gasteiger partial charge < -0.3 is 11.1 Å². The monoisotopic (exact) mass is 262 g/mol. The summed E-state index contributed by atoms with van der Waals surface area (Å²) < 4.78 is 0. The van der Waals surface area contributed by atoms with Crippen LogP contribution in [0.25, 0.3) is 0 Å². The Labute approximate surface area is 118 Å². The fraction of sp³-hybridized carbons (Fsp3) is 0.647. The van der Waals surface area contributed by atoms with Crippen molar-refractivity contribution in [3.8, 4) is 0 Å². The van der Waals surface area contributed by atoms with Crippen molar-refractivity contribution in [3.63, 3.8) is 0 Å². The minimum atomic E-state index is -0.0985. The molecule has 1 unspecified atom stereocenters. The van der Waals surface area contributed by atoms with Crippen LogP contribution in [0.1, 0.15) is 69.2 Å². The summed E-state index contributed by atoms with van der Waals surface area (Å²) in [6.45, 7) is 10.9. The van der Waals surface area contributed by atoms with E-state index in [9.17, 15) is 0 Å². The smallest absolute Gasteiger partial charge is 0.0320 e. The molecule has 0 heterocycles. The first-order valence-corrected chi connectivity index (χ1v) is 7.31. The van der Waals surface area contributed by atoms with Gasteiger partial charge in [-0.25, -0.2) is 0 Å². The van der Waals surface area contributed by atoms with Crippen molar-refractivity contribution in [2.45, 2.75) is 65.0 Å². The number of rotatable bonds is 6. The molecule has 0 fully saturated rings. The maximum absolute atomic E-state index is 6.10. The second kappa shape index (κ2) is 6.53. The van der Waals surface area contributed by atoms with Crippen molar-refractivity contribution in [2.24, 2.45) is 5.73 Å². The van der Waals surface area contributed by atoms with Crippen molar-refractivity contribution in [2.75, 3.05) is 7.05 Å². The van der Waals surface area contributed by atoms with Crippen LogP contribution in [0.3, 0.4) is 0 Å². The number of hydrogen-bond acceptors (Lipinski definition) is 2. The van der Waals surface area contributed by atoms with Crippen molar-refractivity contribution in [1.29, 1.82) is 0 Å². The van der Waals surface area contributed by atoms with Crippen LogP contribution in [0.2, 0.25) is 0 Å². The van der Waals surface area contributed by atoms with Gasteiger partial charge in [0.25, 0.3) is 0 Å². The summed E-state index contributed by atoms with van der Waals surface area (Å²) in [6, 6.07) is 7.22. The average molecular weight is 262 g/mol. The highest BCUT2D eigenvalue weighted by Gasteiger charge is 2.17. The first kappa shape index (κ1) is 16.2. The van der Waals surface area contributed by atoms with Crippen LogP contribution in [0.5, 0.6) is 0 Å². The minimum absolute atomic E-state index is 0.0985. The van der Waals surface area contributed by atoms with Gasteiger partial charge in [-0.3, -0.25) is 0 Å². The van der Waals surface area contributed by atoms with Crippen LogP contribution < -0.4 is 11.1 Å². The SMILES string of the molecule is CNC(CCC(C)(C)N)c1cc(C(C)C)ccc1C. The first-order chi connectivity index (χ1) is 8.74. The molecule has 1 rings (SSSR count). The fourth-order valence-corrected chi connectivity index (χ4v) is 2.37. The van der Waals surface area contributed by atoms with E-state index in [0.717, 1.165) is 12.8 Å². The molecule has 0 aliphatic carbocycles.